The van der Waals surface area contributed by atoms with Crippen molar-refractivity contribution in [2.75, 3.05) is 30.7 Å². The molecule has 0 saturated heterocycles. The summed E-state index contributed by atoms with van der Waals surface area (Å²) in [7, 11) is -5.97. The average molecular weight is 437 g/mol. The van der Waals surface area contributed by atoms with Crippen molar-refractivity contribution in [3.8, 4) is 0 Å². The second kappa shape index (κ2) is 7.97. The second-order valence-electron chi connectivity index (χ2n) is 5.80. The molecule has 28 heavy (non-hydrogen) atoms. The quantitative estimate of drug-likeness (QED) is 0.650. The largest absolute Gasteiger partial charge is 0.384 e. The molecule has 2 rings (SSSR count). The molecule has 0 unspecified atom stereocenters. The summed E-state index contributed by atoms with van der Waals surface area (Å²) in [6.07, 6.45) is 0. The normalized spacial score (nSPS) is 12.2. The van der Waals surface area contributed by atoms with Crippen molar-refractivity contribution in [3.05, 3.63) is 47.8 Å². The van der Waals surface area contributed by atoms with E-state index in [1.165, 1.54) is 26.2 Å². The summed E-state index contributed by atoms with van der Waals surface area (Å²) in [5, 5.41) is 2.83. The van der Waals surface area contributed by atoms with E-state index in [2.05, 4.69) is 5.32 Å². The molecular formula is C16H18F3N3O4S2. The lowest BCUT2D eigenvalue weighted by atomic mass is 10.2. The minimum atomic E-state index is -4.69. The zero-order chi connectivity index (χ0) is 21.3. The molecule has 7 nitrogen and oxygen atoms in total. The number of anilines is 2. The van der Waals surface area contributed by atoms with Gasteiger partial charge in [0, 0.05) is 20.6 Å². The molecule has 0 aliphatic heterocycles. The minimum absolute atomic E-state index is 0.200. The lowest BCUT2D eigenvalue weighted by Gasteiger charge is -2.17. The second-order valence-corrected chi connectivity index (χ2v) is 9.61. The van der Waals surface area contributed by atoms with Crippen molar-refractivity contribution in [1.29, 1.82) is 0 Å². The molecule has 0 bridgehead atoms. The van der Waals surface area contributed by atoms with E-state index in [0.717, 1.165) is 10.4 Å². The van der Waals surface area contributed by atoms with Crippen LogP contribution in [0.5, 0.6) is 0 Å². The molecule has 12 heteroatoms. The number of rotatable bonds is 7. The van der Waals surface area contributed by atoms with Gasteiger partial charge in [0.2, 0.25) is 10.0 Å². The van der Waals surface area contributed by atoms with Gasteiger partial charge in [0.1, 0.15) is 4.90 Å². The lowest BCUT2D eigenvalue weighted by molar-refractivity contribution is 0.432. The summed E-state index contributed by atoms with van der Waals surface area (Å²) >= 11 is 0. The molecule has 154 valence electrons. The number of benzene rings is 2. The first kappa shape index (κ1) is 22.0. The Morgan fingerprint density at radius 1 is 0.929 bits per heavy atom. The number of hydrogen-bond acceptors (Lipinski definition) is 5. The lowest BCUT2D eigenvalue weighted by Crippen LogP contribution is -2.23. The van der Waals surface area contributed by atoms with Crippen LogP contribution in [0.4, 0.5) is 24.5 Å². The van der Waals surface area contributed by atoms with Crippen LogP contribution in [0.2, 0.25) is 0 Å². The number of nitrogens with one attached hydrogen (secondary N) is 2. The van der Waals surface area contributed by atoms with E-state index in [1.807, 2.05) is 4.72 Å². The van der Waals surface area contributed by atoms with Crippen LogP contribution in [0.15, 0.2) is 40.1 Å². The highest BCUT2D eigenvalue weighted by Crippen LogP contribution is 2.30. The molecule has 2 N–H and O–H groups in total. The van der Waals surface area contributed by atoms with Crippen molar-refractivity contribution < 1.29 is 30.0 Å². The predicted molar refractivity (Wildman–Crippen MR) is 98.6 cm³/mol. The van der Waals surface area contributed by atoms with Gasteiger partial charge in [-0.3, -0.25) is 4.72 Å². The van der Waals surface area contributed by atoms with Gasteiger partial charge in [0.05, 0.1) is 16.3 Å². The maximum atomic E-state index is 13.9. The molecule has 0 heterocycles. The van der Waals surface area contributed by atoms with Crippen LogP contribution < -0.4 is 10.0 Å². The summed E-state index contributed by atoms with van der Waals surface area (Å²) in [6, 6.07) is 4.69. The standard InChI is InChI=1S/C16H18F3N3O4S2/c1-4-20-12-7-5-10(28(25,26)22(2)3)9-13(12)21-27(23,24)14-8-6-11(17)15(18)16(14)19/h5-9,20-21H,4H2,1-3H3. The van der Waals surface area contributed by atoms with Crippen molar-refractivity contribution in [2.24, 2.45) is 0 Å². The highest BCUT2D eigenvalue weighted by molar-refractivity contribution is 7.92. The van der Waals surface area contributed by atoms with Crippen molar-refractivity contribution in [1.82, 2.24) is 4.31 Å². The minimum Gasteiger partial charge on any atom is -0.384 e. The predicted octanol–water partition coefficient (Wildman–Crippen LogP) is 2.59. The molecule has 0 radical (unpaired) electrons. The van der Waals surface area contributed by atoms with Crippen LogP contribution >= 0.6 is 0 Å². The van der Waals surface area contributed by atoms with Crippen LogP contribution in [-0.2, 0) is 20.0 Å². The Morgan fingerprint density at radius 2 is 1.57 bits per heavy atom. The van der Waals surface area contributed by atoms with Gasteiger partial charge in [-0.15, -0.1) is 0 Å². The van der Waals surface area contributed by atoms with E-state index in [1.54, 1.807) is 6.92 Å². The zero-order valence-corrected chi connectivity index (χ0v) is 16.8. The average Bonchev–Trinajstić information content (AvgIpc) is 2.60. The molecule has 0 amide bonds. The van der Waals surface area contributed by atoms with E-state index >= 15 is 0 Å². The monoisotopic (exact) mass is 437 g/mol. The maximum Gasteiger partial charge on any atom is 0.265 e. The fourth-order valence-corrected chi connectivity index (χ4v) is 4.31. The van der Waals surface area contributed by atoms with Gasteiger partial charge < -0.3 is 5.32 Å². The van der Waals surface area contributed by atoms with Crippen molar-refractivity contribution >= 4 is 31.4 Å². The molecule has 0 atom stereocenters. The Morgan fingerprint density at radius 3 is 2.14 bits per heavy atom. The summed E-state index contributed by atoms with van der Waals surface area (Å²) in [4.78, 5) is -1.34. The summed E-state index contributed by atoms with van der Waals surface area (Å²) < 4.78 is 93.0. The van der Waals surface area contributed by atoms with Gasteiger partial charge in [0.15, 0.2) is 17.5 Å². The Bertz CT molecular complexity index is 1100. The number of hydrogen-bond donors (Lipinski definition) is 2. The summed E-state index contributed by atoms with van der Waals surface area (Å²) in [6.45, 7) is 2.09. The first-order valence-corrected chi connectivity index (χ1v) is 10.8. The van der Waals surface area contributed by atoms with E-state index in [9.17, 15) is 30.0 Å². The fourth-order valence-electron chi connectivity index (χ4n) is 2.24. The number of sulfonamides is 2. The molecule has 2 aromatic rings. The molecule has 0 aromatic heterocycles. The third-order valence-electron chi connectivity index (χ3n) is 3.67. The summed E-state index contributed by atoms with van der Waals surface area (Å²) in [5.41, 5.74) is 0.0145. The van der Waals surface area contributed by atoms with E-state index in [-0.39, 0.29) is 16.3 Å². The Balaban J connectivity index is 2.59. The van der Waals surface area contributed by atoms with Gasteiger partial charge in [0.25, 0.3) is 10.0 Å². The van der Waals surface area contributed by atoms with Crippen LogP contribution in [0, 0.1) is 17.5 Å². The number of nitrogens with zero attached hydrogens (tertiary/aromatic N) is 1. The van der Waals surface area contributed by atoms with Gasteiger partial charge >= 0.3 is 0 Å². The van der Waals surface area contributed by atoms with E-state index in [0.29, 0.717) is 18.7 Å². The molecule has 2 aromatic carbocycles. The van der Waals surface area contributed by atoms with Crippen molar-refractivity contribution in [3.63, 3.8) is 0 Å². The molecule has 0 spiro atoms. The Kier molecular flexibility index (Phi) is 6.26. The third-order valence-corrected chi connectivity index (χ3v) is 6.86. The Hall–Kier alpha value is -2.31. The van der Waals surface area contributed by atoms with Gasteiger partial charge in [-0.2, -0.15) is 0 Å². The molecule has 0 saturated carbocycles. The SMILES string of the molecule is CCNc1ccc(S(=O)(=O)N(C)C)cc1NS(=O)(=O)c1ccc(F)c(F)c1F. The van der Waals surface area contributed by atoms with Crippen molar-refractivity contribution in [2.45, 2.75) is 16.7 Å². The smallest absolute Gasteiger partial charge is 0.265 e. The molecular weight excluding hydrogens is 419 g/mol. The fraction of sp³-hybridized carbons (Fsp3) is 0.250. The van der Waals surface area contributed by atoms with Crippen LogP contribution in [-0.4, -0.2) is 41.8 Å². The molecule has 0 fully saturated rings. The van der Waals surface area contributed by atoms with Gasteiger partial charge in [-0.1, -0.05) is 0 Å². The van der Waals surface area contributed by atoms with Crippen LogP contribution in [0.25, 0.3) is 0 Å². The zero-order valence-electron chi connectivity index (χ0n) is 15.1. The highest BCUT2D eigenvalue weighted by Gasteiger charge is 2.26. The summed E-state index contributed by atoms with van der Waals surface area (Å²) in [5.74, 6) is -5.35. The van der Waals surface area contributed by atoms with E-state index in [4.69, 9.17) is 0 Å². The van der Waals surface area contributed by atoms with Crippen LogP contribution in [0.1, 0.15) is 6.92 Å². The Labute approximate surface area is 161 Å². The maximum absolute atomic E-state index is 13.9. The molecule has 0 aliphatic rings. The van der Waals surface area contributed by atoms with Gasteiger partial charge in [-0.05, 0) is 37.3 Å². The highest BCUT2D eigenvalue weighted by atomic mass is 32.2. The van der Waals surface area contributed by atoms with Crippen LogP contribution in [0.3, 0.4) is 0 Å². The topological polar surface area (TPSA) is 95.6 Å². The van der Waals surface area contributed by atoms with Gasteiger partial charge in [-0.25, -0.2) is 34.3 Å². The first-order valence-electron chi connectivity index (χ1n) is 7.88. The first-order chi connectivity index (χ1) is 12.9. The third kappa shape index (κ3) is 4.23. The number of halogens is 3. The molecule has 0 aliphatic carbocycles. The van der Waals surface area contributed by atoms with E-state index < -0.39 is 42.4 Å².